The van der Waals surface area contributed by atoms with Gasteiger partial charge in [0.05, 0.1) is 24.1 Å². The van der Waals surface area contributed by atoms with Gasteiger partial charge < -0.3 is 9.47 Å². The van der Waals surface area contributed by atoms with Crippen molar-refractivity contribution in [3.63, 3.8) is 0 Å². The molecule has 0 spiro atoms. The van der Waals surface area contributed by atoms with Crippen molar-refractivity contribution in [3.8, 4) is 11.5 Å². The number of ether oxygens (including phenoxy) is 2. The number of hydrogen-bond donors (Lipinski definition) is 0. The van der Waals surface area contributed by atoms with Gasteiger partial charge in [0.15, 0.2) is 0 Å². The molecule has 0 bridgehead atoms. The van der Waals surface area contributed by atoms with E-state index >= 15 is 0 Å². The predicted octanol–water partition coefficient (Wildman–Crippen LogP) is 4.22. The van der Waals surface area contributed by atoms with Crippen molar-refractivity contribution in [3.05, 3.63) is 64.1 Å². The van der Waals surface area contributed by atoms with E-state index < -0.39 is 0 Å². The standard InChI is InChI=1S/C23H25NO4S/c1-5-29-21-20(19-11-6-15(2)14-16(19)3)22(25)24(23(21)26)12-13-28-18-9-7-17(27-4)8-10-18/h6-11,14H,5,12-13H2,1-4H3. The minimum absolute atomic E-state index is 0.200. The highest BCUT2D eigenvalue weighted by Crippen LogP contribution is 2.37. The van der Waals surface area contributed by atoms with Crippen molar-refractivity contribution in [2.24, 2.45) is 0 Å². The number of imide groups is 1. The molecule has 0 saturated heterocycles. The van der Waals surface area contributed by atoms with Gasteiger partial charge in [-0.3, -0.25) is 14.5 Å². The maximum absolute atomic E-state index is 13.1. The zero-order valence-corrected chi connectivity index (χ0v) is 18.0. The summed E-state index contributed by atoms with van der Waals surface area (Å²) in [4.78, 5) is 27.9. The lowest BCUT2D eigenvalue weighted by molar-refractivity contribution is -0.136. The summed E-state index contributed by atoms with van der Waals surface area (Å²) in [6, 6.07) is 13.1. The molecule has 0 unspecified atom stereocenters. The summed E-state index contributed by atoms with van der Waals surface area (Å²) in [5, 5.41) is 0. The fourth-order valence-electron chi connectivity index (χ4n) is 3.29. The zero-order valence-electron chi connectivity index (χ0n) is 17.2. The Labute approximate surface area is 175 Å². The second-order valence-corrected chi connectivity index (χ2v) is 8.02. The third-order valence-electron chi connectivity index (χ3n) is 4.71. The first kappa shape index (κ1) is 21.0. The predicted molar refractivity (Wildman–Crippen MR) is 116 cm³/mol. The molecule has 29 heavy (non-hydrogen) atoms. The molecular formula is C23H25NO4S. The zero-order chi connectivity index (χ0) is 21.0. The highest BCUT2D eigenvalue weighted by Gasteiger charge is 2.39. The summed E-state index contributed by atoms with van der Waals surface area (Å²) >= 11 is 1.42. The third-order valence-corrected chi connectivity index (χ3v) is 5.66. The van der Waals surface area contributed by atoms with Crippen LogP contribution < -0.4 is 9.47 Å². The molecule has 0 saturated carbocycles. The Hall–Kier alpha value is -2.73. The molecule has 0 radical (unpaired) electrons. The topological polar surface area (TPSA) is 55.8 Å². The van der Waals surface area contributed by atoms with Crippen LogP contribution in [0.5, 0.6) is 11.5 Å². The van der Waals surface area contributed by atoms with Crippen LogP contribution in [0.4, 0.5) is 0 Å². The average Bonchev–Trinajstić information content (AvgIpc) is 2.93. The molecule has 1 aliphatic heterocycles. The van der Waals surface area contributed by atoms with E-state index in [-0.39, 0.29) is 25.0 Å². The minimum Gasteiger partial charge on any atom is -0.497 e. The first-order valence-electron chi connectivity index (χ1n) is 9.54. The highest BCUT2D eigenvalue weighted by molar-refractivity contribution is 8.04. The van der Waals surface area contributed by atoms with E-state index in [1.54, 1.807) is 31.4 Å². The molecule has 5 nitrogen and oxygen atoms in total. The maximum Gasteiger partial charge on any atom is 0.268 e. The molecule has 3 rings (SSSR count). The van der Waals surface area contributed by atoms with E-state index in [2.05, 4.69) is 0 Å². The van der Waals surface area contributed by atoms with E-state index in [1.165, 1.54) is 16.7 Å². The molecule has 0 N–H and O–H groups in total. The molecule has 0 atom stereocenters. The quantitative estimate of drug-likeness (QED) is 0.609. The number of benzene rings is 2. The van der Waals surface area contributed by atoms with Crippen LogP contribution in [0.2, 0.25) is 0 Å². The molecule has 1 heterocycles. The van der Waals surface area contributed by atoms with Gasteiger partial charge in [-0.15, -0.1) is 11.8 Å². The summed E-state index contributed by atoms with van der Waals surface area (Å²) < 4.78 is 10.8. The van der Waals surface area contributed by atoms with Crippen molar-refractivity contribution in [2.45, 2.75) is 20.8 Å². The molecule has 152 valence electrons. The van der Waals surface area contributed by atoms with Crippen LogP contribution in [-0.4, -0.2) is 42.7 Å². The summed E-state index contributed by atoms with van der Waals surface area (Å²) in [6.07, 6.45) is 0. The van der Waals surface area contributed by atoms with Crippen LogP contribution in [0.1, 0.15) is 23.6 Å². The van der Waals surface area contributed by atoms with Crippen LogP contribution >= 0.6 is 11.8 Å². The third kappa shape index (κ3) is 4.48. The number of amides is 2. The fraction of sp³-hybridized carbons (Fsp3) is 0.304. The Morgan fingerprint density at radius 1 is 0.966 bits per heavy atom. The lowest BCUT2D eigenvalue weighted by Gasteiger charge is -2.16. The Morgan fingerprint density at radius 3 is 2.28 bits per heavy atom. The van der Waals surface area contributed by atoms with Crippen molar-refractivity contribution < 1.29 is 19.1 Å². The fourth-order valence-corrected chi connectivity index (χ4v) is 4.16. The molecule has 0 aromatic heterocycles. The molecular weight excluding hydrogens is 386 g/mol. The number of carbonyl (C=O) groups is 2. The Balaban J connectivity index is 1.76. The van der Waals surface area contributed by atoms with Crippen LogP contribution in [-0.2, 0) is 9.59 Å². The highest BCUT2D eigenvalue weighted by atomic mass is 32.2. The summed E-state index contributed by atoms with van der Waals surface area (Å²) in [6.45, 7) is 6.39. The molecule has 2 aromatic carbocycles. The van der Waals surface area contributed by atoms with Gasteiger partial charge in [-0.1, -0.05) is 30.7 Å². The second-order valence-electron chi connectivity index (χ2n) is 6.74. The van der Waals surface area contributed by atoms with Crippen LogP contribution in [0.15, 0.2) is 47.4 Å². The van der Waals surface area contributed by atoms with Gasteiger partial charge >= 0.3 is 0 Å². The average molecular weight is 412 g/mol. The number of hydrogen-bond acceptors (Lipinski definition) is 5. The minimum atomic E-state index is -0.253. The van der Waals surface area contributed by atoms with E-state index in [1.807, 2.05) is 39.0 Å². The van der Waals surface area contributed by atoms with Gasteiger partial charge in [0.1, 0.15) is 18.1 Å². The number of carbonyl (C=O) groups excluding carboxylic acids is 2. The normalized spacial score (nSPS) is 14.0. The van der Waals surface area contributed by atoms with Gasteiger partial charge in [-0.25, -0.2) is 0 Å². The van der Waals surface area contributed by atoms with E-state index in [0.29, 0.717) is 16.2 Å². The largest absolute Gasteiger partial charge is 0.497 e. The van der Waals surface area contributed by atoms with Crippen LogP contribution in [0.25, 0.3) is 5.57 Å². The maximum atomic E-state index is 13.1. The van der Waals surface area contributed by atoms with Crippen molar-refractivity contribution in [1.29, 1.82) is 0 Å². The Bertz CT molecular complexity index is 950. The molecule has 0 fully saturated rings. The molecule has 6 heteroatoms. The smallest absolute Gasteiger partial charge is 0.268 e. The molecule has 2 amide bonds. The van der Waals surface area contributed by atoms with Crippen LogP contribution in [0.3, 0.4) is 0 Å². The number of nitrogens with zero attached hydrogens (tertiary/aromatic N) is 1. The number of thioether (sulfide) groups is 1. The molecule has 1 aliphatic rings. The first-order valence-corrected chi connectivity index (χ1v) is 10.5. The Kier molecular flexibility index (Phi) is 6.64. The summed E-state index contributed by atoms with van der Waals surface area (Å²) in [7, 11) is 1.60. The lowest BCUT2D eigenvalue weighted by Crippen LogP contribution is -2.35. The van der Waals surface area contributed by atoms with Gasteiger partial charge in [0.25, 0.3) is 11.8 Å². The Morgan fingerprint density at radius 2 is 1.66 bits per heavy atom. The van der Waals surface area contributed by atoms with Gasteiger partial charge in [-0.05, 0) is 55.0 Å². The van der Waals surface area contributed by atoms with Crippen molar-refractivity contribution in [1.82, 2.24) is 4.90 Å². The molecule has 0 aliphatic carbocycles. The number of rotatable bonds is 8. The SMILES string of the molecule is CCSC1=C(c2ccc(C)cc2C)C(=O)N(CCOc2ccc(OC)cc2)C1=O. The van der Waals surface area contributed by atoms with Gasteiger partial charge in [0, 0.05) is 0 Å². The van der Waals surface area contributed by atoms with E-state index in [4.69, 9.17) is 9.47 Å². The summed E-state index contributed by atoms with van der Waals surface area (Å²) in [5.41, 5.74) is 3.44. The van der Waals surface area contributed by atoms with Gasteiger partial charge in [-0.2, -0.15) is 0 Å². The molecule has 2 aromatic rings. The van der Waals surface area contributed by atoms with Gasteiger partial charge in [0.2, 0.25) is 0 Å². The van der Waals surface area contributed by atoms with Crippen molar-refractivity contribution >= 4 is 29.1 Å². The number of methoxy groups -OCH3 is 1. The number of aryl methyl sites for hydroxylation is 2. The monoisotopic (exact) mass is 411 g/mol. The summed E-state index contributed by atoms with van der Waals surface area (Å²) in [5.74, 6) is 1.63. The van der Waals surface area contributed by atoms with E-state index in [9.17, 15) is 9.59 Å². The first-order chi connectivity index (χ1) is 14.0. The second kappa shape index (κ2) is 9.18. The lowest BCUT2D eigenvalue weighted by atomic mass is 9.99. The van der Waals surface area contributed by atoms with E-state index in [0.717, 1.165) is 28.2 Å². The van der Waals surface area contributed by atoms with Crippen LogP contribution in [0, 0.1) is 13.8 Å². The van der Waals surface area contributed by atoms with Crippen molar-refractivity contribution in [2.75, 3.05) is 26.0 Å².